The van der Waals surface area contributed by atoms with Crippen molar-refractivity contribution in [1.29, 1.82) is 0 Å². The summed E-state index contributed by atoms with van der Waals surface area (Å²) in [5, 5.41) is 7.21. The average Bonchev–Trinajstić information content (AvgIpc) is 3.11. The van der Waals surface area contributed by atoms with Crippen molar-refractivity contribution in [3.63, 3.8) is 0 Å². The van der Waals surface area contributed by atoms with Crippen molar-refractivity contribution in [3.05, 3.63) is 84.5 Å². The van der Waals surface area contributed by atoms with Crippen molar-refractivity contribution in [2.45, 2.75) is 6.42 Å². The summed E-state index contributed by atoms with van der Waals surface area (Å²) >= 11 is 0. The van der Waals surface area contributed by atoms with E-state index < -0.39 is 0 Å². The van der Waals surface area contributed by atoms with Crippen molar-refractivity contribution in [3.8, 4) is 5.69 Å². The quantitative estimate of drug-likeness (QED) is 0.711. The van der Waals surface area contributed by atoms with Gasteiger partial charge >= 0.3 is 0 Å². The molecule has 2 aromatic heterocycles. The Kier molecular flexibility index (Phi) is 5.14. The van der Waals surface area contributed by atoms with E-state index >= 15 is 0 Å². The first-order valence-electron chi connectivity index (χ1n) is 7.76. The van der Waals surface area contributed by atoms with Gasteiger partial charge in [0, 0.05) is 31.2 Å². The van der Waals surface area contributed by atoms with Crippen LogP contribution in [0.2, 0.25) is 0 Å². The molecule has 0 aliphatic rings. The summed E-state index contributed by atoms with van der Waals surface area (Å²) in [4.78, 5) is 15.8. The molecule has 0 saturated heterocycles. The van der Waals surface area contributed by atoms with Crippen LogP contribution in [0.3, 0.4) is 0 Å². The van der Waals surface area contributed by atoms with Crippen LogP contribution < -0.4 is 5.32 Å². The summed E-state index contributed by atoms with van der Waals surface area (Å²) in [7, 11) is 0. The molecule has 1 N–H and O–H groups in total. The van der Waals surface area contributed by atoms with E-state index in [4.69, 9.17) is 0 Å². The highest BCUT2D eigenvalue weighted by Crippen LogP contribution is 2.07. The first-order chi connectivity index (χ1) is 11.8. The summed E-state index contributed by atoms with van der Waals surface area (Å²) in [5.74, 6) is -0.116. The highest BCUT2D eigenvalue weighted by molar-refractivity contribution is 5.91. The Labute approximate surface area is 140 Å². The molecule has 1 amide bonds. The fraction of sp³-hybridized carbons (Fsp3) is 0.105. The van der Waals surface area contributed by atoms with Gasteiger partial charge in [0.05, 0.1) is 11.9 Å². The Morgan fingerprint density at radius 1 is 1.12 bits per heavy atom. The van der Waals surface area contributed by atoms with Gasteiger partial charge in [-0.1, -0.05) is 24.3 Å². The van der Waals surface area contributed by atoms with Crippen molar-refractivity contribution < 1.29 is 4.79 Å². The summed E-state index contributed by atoms with van der Waals surface area (Å²) < 4.78 is 1.83. The molecule has 0 aliphatic heterocycles. The molecule has 0 radical (unpaired) electrons. The molecule has 5 heteroatoms. The highest BCUT2D eigenvalue weighted by atomic mass is 16.1. The molecule has 0 saturated carbocycles. The number of hydrogen-bond acceptors (Lipinski definition) is 3. The monoisotopic (exact) mass is 318 g/mol. The minimum Gasteiger partial charge on any atom is -0.352 e. The molecule has 0 atom stereocenters. The second-order valence-electron chi connectivity index (χ2n) is 5.29. The fourth-order valence-corrected chi connectivity index (χ4v) is 2.25. The third-order valence-corrected chi connectivity index (χ3v) is 3.48. The van der Waals surface area contributed by atoms with Crippen molar-refractivity contribution >= 4 is 12.0 Å². The molecule has 5 nitrogen and oxygen atoms in total. The maximum Gasteiger partial charge on any atom is 0.244 e. The maximum absolute atomic E-state index is 11.8. The second-order valence-corrected chi connectivity index (χ2v) is 5.29. The molecule has 24 heavy (non-hydrogen) atoms. The van der Waals surface area contributed by atoms with Gasteiger partial charge < -0.3 is 5.32 Å². The molecule has 0 bridgehead atoms. The Bertz CT molecular complexity index is 810. The lowest BCUT2D eigenvalue weighted by Crippen LogP contribution is -2.23. The Balaban J connectivity index is 1.47. The van der Waals surface area contributed by atoms with E-state index in [1.54, 1.807) is 18.5 Å². The van der Waals surface area contributed by atoms with Gasteiger partial charge in [0.1, 0.15) is 0 Å². The van der Waals surface area contributed by atoms with Crippen LogP contribution in [0.1, 0.15) is 11.1 Å². The lowest BCUT2D eigenvalue weighted by Gasteiger charge is -2.01. The van der Waals surface area contributed by atoms with Crippen LogP contribution in [-0.2, 0) is 11.2 Å². The van der Waals surface area contributed by atoms with Gasteiger partial charge in [-0.05, 0) is 41.8 Å². The van der Waals surface area contributed by atoms with E-state index in [0.717, 1.165) is 23.2 Å². The minimum atomic E-state index is -0.116. The van der Waals surface area contributed by atoms with Crippen molar-refractivity contribution in [2.24, 2.45) is 0 Å². The Hall–Kier alpha value is -3.21. The zero-order valence-corrected chi connectivity index (χ0v) is 13.2. The summed E-state index contributed by atoms with van der Waals surface area (Å²) in [5.41, 5.74) is 3.00. The average molecular weight is 318 g/mol. The molecule has 120 valence electrons. The Morgan fingerprint density at radius 2 is 2.00 bits per heavy atom. The van der Waals surface area contributed by atoms with Gasteiger partial charge in [-0.15, -0.1) is 0 Å². The predicted molar refractivity (Wildman–Crippen MR) is 93.5 cm³/mol. The fourth-order valence-electron chi connectivity index (χ4n) is 2.25. The number of nitrogens with zero attached hydrogens (tertiary/aromatic N) is 3. The third-order valence-electron chi connectivity index (χ3n) is 3.48. The molecule has 3 aromatic rings. The SMILES string of the molecule is O=C(/C=C/c1cccnc1)NCCc1cnn(-c2ccccc2)c1. The number of para-hydroxylation sites is 1. The molecule has 0 unspecified atom stereocenters. The Morgan fingerprint density at radius 3 is 2.79 bits per heavy atom. The van der Waals surface area contributed by atoms with Gasteiger partial charge in [-0.3, -0.25) is 9.78 Å². The first kappa shape index (κ1) is 15.7. The predicted octanol–water partition coefficient (Wildman–Crippen LogP) is 2.64. The summed E-state index contributed by atoms with van der Waals surface area (Å²) in [6.45, 7) is 0.566. The molecule has 0 fully saturated rings. The zero-order chi connectivity index (χ0) is 16.6. The lowest BCUT2D eigenvalue weighted by atomic mass is 10.2. The normalized spacial score (nSPS) is 10.8. The number of aromatic nitrogens is 3. The van der Waals surface area contributed by atoms with Crippen LogP contribution in [0.5, 0.6) is 0 Å². The number of pyridine rings is 1. The van der Waals surface area contributed by atoms with E-state index in [1.165, 1.54) is 6.08 Å². The molecular formula is C19H18N4O. The number of nitrogens with one attached hydrogen (secondary N) is 1. The zero-order valence-electron chi connectivity index (χ0n) is 13.2. The number of carbonyl (C=O) groups excluding carboxylic acids is 1. The minimum absolute atomic E-state index is 0.116. The number of hydrogen-bond donors (Lipinski definition) is 1. The highest BCUT2D eigenvalue weighted by Gasteiger charge is 2.01. The van der Waals surface area contributed by atoms with Crippen LogP contribution >= 0.6 is 0 Å². The van der Waals surface area contributed by atoms with Crippen LogP contribution in [0.4, 0.5) is 0 Å². The standard InChI is InChI=1S/C19H18N4O/c24-19(9-8-16-5-4-11-20-13-16)21-12-10-17-14-22-23(15-17)18-6-2-1-3-7-18/h1-9,11,13-15H,10,12H2,(H,21,24)/b9-8+. The van der Waals surface area contributed by atoms with Crippen LogP contribution in [0.15, 0.2) is 73.3 Å². The van der Waals surface area contributed by atoms with E-state index in [1.807, 2.05) is 59.5 Å². The molecule has 0 spiro atoms. The number of amides is 1. The van der Waals surface area contributed by atoms with E-state index in [-0.39, 0.29) is 5.91 Å². The largest absolute Gasteiger partial charge is 0.352 e. The van der Waals surface area contributed by atoms with Gasteiger partial charge in [0.2, 0.25) is 5.91 Å². The molecule has 1 aromatic carbocycles. The van der Waals surface area contributed by atoms with Crippen LogP contribution in [0, 0.1) is 0 Å². The smallest absolute Gasteiger partial charge is 0.244 e. The van der Waals surface area contributed by atoms with Crippen molar-refractivity contribution in [2.75, 3.05) is 6.54 Å². The number of carbonyl (C=O) groups is 1. The van der Waals surface area contributed by atoms with E-state index in [2.05, 4.69) is 15.4 Å². The number of benzene rings is 1. The summed E-state index contributed by atoms with van der Waals surface area (Å²) in [6.07, 6.45) is 11.2. The molecule has 0 aliphatic carbocycles. The molecular weight excluding hydrogens is 300 g/mol. The van der Waals surface area contributed by atoms with Gasteiger partial charge in [-0.2, -0.15) is 5.10 Å². The molecule has 3 rings (SSSR count). The topological polar surface area (TPSA) is 59.8 Å². The molecule has 2 heterocycles. The number of rotatable bonds is 6. The summed E-state index contributed by atoms with van der Waals surface area (Å²) in [6, 6.07) is 13.7. The van der Waals surface area contributed by atoms with Crippen molar-refractivity contribution in [1.82, 2.24) is 20.1 Å². The lowest BCUT2D eigenvalue weighted by molar-refractivity contribution is -0.116. The van der Waals surface area contributed by atoms with Gasteiger partial charge in [-0.25, -0.2) is 4.68 Å². The second kappa shape index (κ2) is 7.87. The van der Waals surface area contributed by atoms with Crippen LogP contribution in [0.25, 0.3) is 11.8 Å². The first-order valence-corrected chi connectivity index (χ1v) is 7.76. The van der Waals surface area contributed by atoms with Crippen LogP contribution in [-0.4, -0.2) is 27.2 Å². The van der Waals surface area contributed by atoms with E-state index in [9.17, 15) is 4.79 Å². The van der Waals surface area contributed by atoms with Gasteiger partial charge in [0.25, 0.3) is 0 Å². The van der Waals surface area contributed by atoms with E-state index in [0.29, 0.717) is 6.54 Å². The third kappa shape index (κ3) is 4.39. The van der Waals surface area contributed by atoms with Gasteiger partial charge in [0.15, 0.2) is 0 Å². The maximum atomic E-state index is 11.8.